The standard InChI is InChI=1S/C34H42ClN3O4S/c1-3-26-18-20-31(21-19-26)38(43(2,41)42)22-10-17-33(39)37(25-28-13-9-14-29(35)23-28)32(24-27-11-5-4-6-12-27)34(40)36-30-15-7-8-16-30/h4-6,9,11-14,18-21,23,30,32H,3,7-8,10,15-17,22,24-25H2,1-2H3,(H,36,40)/t32-/m0/s1. The molecule has 1 N–H and O–H groups in total. The second kappa shape index (κ2) is 15.4. The summed E-state index contributed by atoms with van der Waals surface area (Å²) in [5.41, 5.74) is 3.46. The van der Waals surface area contributed by atoms with E-state index in [2.05, 4.69) is 5.32 Å². The van der Waals surface area contributed by atoms with Gasteiger partial charge in [0.2, 0.25) is 21.8 Å². The quantitative estimate of drug-likeness (QED) is 0.233. The average molecular weight is 624 g/mol. The Morgan fingerprint density at radius 2 is 1.60 bits per heavy atom. The van der Waals surface area contributed by atoms with Gasteiger partial charge in [-0.05, 0) is 66.6 Å². The maximum absolute atomic E-state index is 14.0. The summed E-state index contributed by atoms with van der Waals surface area (Å²) in [5.74, 6) is -0.378. The topological polar surface area (TPSA) is 86.8 Å². The van der Waals surface area contributed by atoms with E-state index in [1.165, 1.54) is 10.6 Å². The fourth-order valence-electron chi connectivity index (χ4n) is 5.66. The highest BCUT2D eigenvalue weighted by molar-refractivity contribution is 7.92. The molecule has 7 nitrogen and oxygen atoms in total. The zero-order valence-electron chi connectivity index (χ0n) is 25.0. The molecule has 3 aromatic carbocycles. The molecule has 0 bridgehead atoms. The third-order valence-electron chi connectivity index (χ3n) is 8.00. The minimum absolute atomic E-state index is 0.0849. The van der Waals surface area contributed by atoms with E-state index in [-0.39, 0.29) is 37.4 Å². The Hall–Kier alpha value is -3.36. The Balaban J connectivity index is 1.57. The number of benzene rings is 3. The molecule has 2 amide bonds. The largest absolute Gasteiger partial charge is 0.352 e. The number of carbonyl (C=O) groups excluding carboxylic acids is 2. The lowest BCUT2D eigenvalue weighted by molar-refractivity contribution is -0.141. The monoisotopic (exact) mass is 623 g/mol. The maximum Gasteiger partial charge on any atom is 0.243 e. The van der Waals surface area contributed by atoms with E-state index in [1.54, 1.807) is 23.1 Å². The number of amides is 2. The van der Waals surface area contributed by atoms with Crippen LogP contribution in [0.25, 0.3) is 0 Å². The average Bonchev–Trinajstić information content (AvgIpc) is 3.50. The van der Waals surface area contributed by atoms with Crippen molar-refractivity contribution in [3.05, 3.63) is 101 Å². The van der Waals surface area contributed by atoms with Crippen LogP contribution in [0.2, 0.25) is 5.02 Å². The second-order valence-electron chi connectivity index (χ2n) is 11.3. The Bertz CT molecular complexity index is 1460. The lowest BCUT2D eigenvalue weighted by Crippen LogP contribution is -2.52. The fourth-order valence-corrected chi connectivity index (χ4v) is 6.83. The van der Waals surface area contributed by atoms with Gasteiger partial charge in [0.25, 0.3) is 0 Å². The number of anilines is 1. The fraction of sp³-hybridized carbons (Fsp3) is 0.412. The molecule has 43 heavy (non-hydrogen) atoms. The number of rotatable bonds is 14. The minimum atomic E-state index is -3.56. The van der Waals surface area contributed by atoms with Gasteiger partial charge in [-0.25, -0.2) is 8.42 Å². The lowest BCUT2D eigenvalue weighted by atomic mass is 10.0. The molecular weight excluding hydrogens is 582 g/mol. The summed E-state index contributed by atoms with van der Waals surface area (Å²) in [6.07, 6.45) is 6.82. The van der Waals surface area contributed by atoms with Gasteiger partial charge >= 0.3 is 0 Å². The van der Waals surface area contributed by atoms with E-state index < -0.39 is 16.1 Å². The van der Waals surface area contributed by atoms with Gasteiger partial charge in [0.1, 0.15) is 6.04 Å². The summed E-state index contributed by atoms with van der Waals surface area (Å²) >= 11 is 6.29. The molecule has 1 aliphatic rings. The van der Waals surface area contributed by atoms with Gasteiger partial charge in [-0.1, -0.05) is 86.0 Å². The predicted octanol–water partition coefficient (Wildman–Crippen LogP) is 6.15. The molecule has 3 aromatic rings. The summed E-state index contributed by atoms with van der Waals surface area (Å²) in [6, 6.07) is 23.8. The number of hydrogen-bond acceptors (Lipinski definition) is 4. The molecular formula is C34H42ClN3O4S. The molecule has 1 aliphatic carbocycles. The highest BCUT2D eigenvalue weighted by atomic mass is 35.5. The number of nitrogens with zero attached hydrogens (tertiary/aromatic N) is 2. The van der Waals surface area contributed by atoms with E-state index in [4.69, 9.17) is 11.6 Å². The van der Waals surface area contributed by atoms with Gasteiger partial charge in [-0.15, -0.1) is 0 Å². The number of hydrogen-bond donors (Lipinski definition) is 1. The third kappa shape index (κ3) is 9.57. The summed E-state index contributed by atoms with van der Waals surface area (Å²) in [5, 5.41) is 3.76. The first-order valence-corrected chi connectivity index (χ1v) is 17.3. The molecule has 0 spiro atoms. The number of carbonyl (C=O) groups is 2. The molecule has 0 heterocycles. The molecule has 0 aliphatic heterocycles. The summed E-state index contributed by atoms with van der Waals surface area (Å²) in [4.78, 5) is 29.5. The molecule has 0 aromatic heterocycles. The van der Waals surface area contributed by atoms with Crippen molar-refractivity contribution in [2.45, 2.75) is 76.9 Å². The summed E-state index contributed by atoms with van der Waals surface area (Å²) in [6.45, 7) is 2.41. The van der Waals surface area contributed by atoms with Crippen LogP contribution >= 0.6 is 11.6 Å². The van der Waals surface area contributed by atoms with Gasteiger partial charge in [-0.3, -0.25) is 13.9 Å². The predicted molar refractivity (Wildman–Crippen MR) is 174 cm³/mol. The van der Waals surface area contributed by atoms with Gasteiger partial charge < -0.3 is 10.2 Å². The molecule has 1 fully saturated rings. The van der Waals surface area contributed by atoms with Crippen LogP contribution < -0.4 is 9.62 Å². The zero-order chi connectivity index (χ0) is 30.8. The van der Waals surface area contributed by atoms with Crippen molar-refractivity contribution < 1.29 is 18.0 Å². The molecule has 230 valence electrons. The van der Waals surface area contributed by atoms with Crippen molar-refractivity contribution >= 4 is 39.1 Å². The molecule has 4 rings (SSSR count). The highest BCUT2D eigenvalue weighted by Gasteiger charge is 2.32. The van der Waals surface area contributed by atoms with Gasteiger partial charge in [0, 0.05) is 37.0 Å². The van der Waals surface area contributed by atoms with Gasteiger partial charge in [-0.2, -0.15) is 0 Å². The van der Waals surface area contributed by atoms with Crippen molar-refractivity contribution in [2.75, 3.05) is 17.1 Å². The smallest absolute Gasteiger partial charge is 0.243 e. The SMILES string of the molecule is CCc1ccc(N(CCCC(=O)N(Cc2cccc(Cl)c2)[C@@H](Cc2ccccc2)C(=O)NC2CCCC2)S(C)(=O)=O)cc1. The van der Waals surface area contributed by atoms with Crippen molar-refractivity contribution in [3.63, 3.8) is 0 Å². The van der Waals surface area contributed by atoms with Crippen LogP contribution in [0.5, 0.6) is 0 Å². The first-order chi connectivity index (χ1) is 20.6. The molecule has 9 heteroatoms. The van der Waals surface area contributed by atoms with E-state index in [1.807, 2.05) is 67.6 Å². The van der Waals surface area contributed by atoms with Gasteiger partial charge in [0.05, 0.1) is 11.9 Å². The number of halogens is 1. The van der Waals surface area contributed by atoms with Crippen LogP contribution in [0.15, 0.2) is 78.9 Å². The molecule has 1 saturated carbocycles. The second-order valence-corrected chi connectivity index (χ2v) is 13.6. The van der Waals surface area contributed by atoms with Crippen LogP contribution in [0, 0.1) is 0 Å². The Morgan fingerprint density at radius 1 is 0.930 bits per heavy atom. The van der Waals surface area contributed by atoms with Crippen molar-refractivity contribution in [2.24, 2.45) is 0 Å². The highest BCUT2D eigenvalue weighted by Crippen LogP contribution is 2.23. The normalized spacial score (nSPS) is 14.3. The Labute approximate surface area is 261 Å². The summed E-state index contributed by atoms with van der Waals surface area (Å²) < 4.78 is 26.7. The van der Waals surface area contributed by atoms with E-state index in [0.717, 1.165) is 48.8 Å². The Kier molecular flexibility index (Phi) is 11.7. The van der Waals surface area contributed by atoms with Crippen molar-refractivity contribution in [1.29, 1.82) is 0 Å². The summed E-state index contributed by atoms with van der Waals surface area (Å²) in [7, 11) is -3.56. The van der Waals surface area contributed by atoms with Gasteiger partial charge in [0.15, 0.2) is 0 Å². The molecule has 0 saturated heterocycles. The minimum Gasteiger partial charge on any atom is -0.352 e. The first-order valence-electron chi connectivity index (χ1n) is 15.1. The van der Waals surface area contributed by atoms with Crippen LogP contribution in [0.3, 0.4) is 0 Å². The van der Waals surface area contributed by atoms with Crippen LogP contribution in [0.4, 0.5) is 5.69 Å². The molecule has 1 atom stereocenters. The lowest BCUT2D eigenvalue weighted by Gasteiger charge is -2.33. The maximum atomic E-state index is 14.0. The zero-order valence-corrected chi connectivity index (χ0v) is 26.6. The van der Waals surface area contributed by atoms with Crippen molar-refractivity contribution in [1.82, 2.24) is 10.2 Å². The van der Waals surface area contributed by atoms with Crippen LogP contribution in [0.1, 0.15) is 62.1 Å². The number of sulfonamides is 1. The van der Waals surface area contributed by atoms with Crippen LogP contribution in [-0.2, 0) is 39.0 Å². The van der Waals surface area contributed by atoms with E-state index in [0.29, 0.717) is 23.6 Å². The first kappa shape index (κ1) is 32.6. The molecule has 0 unspecified atom stereocenters. The number of nitrogens with one attached hydrogen (secondary N) is 1. The van der Waals surface area contributed by atoms with E-state index >= 15 is 0 Å². The Morgan fingerprint density at radius 3 is 2.23 bits per heavy atom. The van der Waals surface area contributed by atoms with Crippen molar-refractivity contribution in [3.8, 4) is 0 Å². The third-order valence-corrected chi connectivity index (χ3v) is 9.43. The van der Waals surface area contributed by atoms with E-state index in [9.17, 15) is 18.0 Å². The number of aryl methyl sites for hydroxylation is 1. The molecule has 0 radical (unpaired) electrons. The van der Waals surface area contributed by atoms with Crippen LogP contribution in [-0.4, -0.2) is 50.0 Å².